The topological polar surface area (TPSA) is 78.9 Å². The summed E-state index contributed by atoms with van der Waals surface area (Å²) in [5.41, 5.74) is 2.21. The van der Waals surface area contributed by atoms with Gasteiger partial charge in [0, 0.05) is 32.4 Å². The van der Waals surface area contributed by atoms with Crippen LogP contribution in [0.3, 0.4) is 0 Å². The number of nitrogens with one attached hydrogen (secondary N) is 1. The van der Waals surface area contributed by atoms with E-state index in [-0.39, 0.29) is 16.7 Å². The van der Waals surface area contributed by atoms with Gasteiger partial charge >= 0.3 is 0 Å². The number of benzene rings is 2. The number of amides is 1. The van der Waals surface area contributed by atoms with Gasteiger partial charge in [-0.3, -0.25) is 4.79 Å². The average molecular weight is 474 g/mol. The number of carbonyl (C=O) groups excluding carboxylic acids is 1. The molecular weight excluding hydrogens is 438 g/mol. The molecule has 0 saturated carbocycles. The smallest absolute Gasteiger partial charge is 0.241 e. The van der Waals surface area contributed by atoms with Crippen molar-refractivity contribution in [3.05, 3.63) is 54.1 Å². The number of likely N-dealkylation sites (N-methyl/N-ethyl adjacent to an activating group) is 1. The van der Waals surface area contributed by atoms with Crippen LogP contribution >= 0.6 is 0 Å². The zero-order chi connectivity index (χ0) is 24.0. The molecule has 0 bridgehead atoms. The van der Waals surface area contributed by atoms with Crippen LogP contribution in [0.25, 0.3) is 0 Å². The minimum Gasteiger partial charge on any atom is -0.497 e. The molecular formula is C25H35N3O4S. The van der Waals surface area contributed by atoms with E-state index in [1.807, 2.05) is 26.0 Å². The molecule has 0 aliphatic carbocycles. The lowest BCUT2D eigenvalue weighted by molar-refractivity contribution is -0.133. The number of hydrogen-bond donors (Lipinski definition) is 1. The summed E-state index contributed by atoms with van der Waals surface area (Å²) in [4.78, 5) is 17.3. The Kier molecular flexibility index (Phi) is 8.37. The van der Waals surface area contributed by atoms with Crippen molar-refractivity contribution in [2.45, 2.75) is 50.6 Å². The number of ether oxygens (including phenoxy) is 1. The van der Waals surface area contributed by atoms with Gasteiger partial charge in [-0.25, -0.2) is 8.42 Å². The molecule has 3 rings (SSSR count). The maximum absolute atomic E-state index is 13.2. The Bertz CT molecular complexity index is 1010. The maximum atomic E-state index is 13.2. The first-order chi connectivity index (χ1) is 15.7. The zero-order valence-electron chi connectivity index (χ0n) is 20.0. The van der Waals surface area contributed by atoms with Crippen molar-refractivity contribution in [1.82, 2.24) is 9.62 Å². The first-order valence-corrected chi connectivity index (χ1v) is 12.9. The minimum atomic E-state index is -3.86. The Morgan fingerprint density at radius 1 is 1.03 bits per heavy atom. The van der Waals surface area contributed by atoms with Gasteiger partial charge < -0.3 is 14.5 Å². The molecule has 1 heterocycles. The quantitative estimate of drug-likeness (QED) is 0.602. The van der Waals surface area contributed by atoms with Gasteiger partial charge in [0.25, 0.3) is 0 Å². The lowest BCUT2D eigenvalue weighted by Gasteiger charge is -2.29. The summed E-state index contributed by atoms with van der Waals surface area (Å²) in [5.74, 6) is 0.0909. The predicted octanol–water partition coefficient (Wildman–Crippen LogP) is 3.65. The van der Waals surface area contributed by atoms with Crippen molar-refractivity contribution in [2.24, 2.45) is 5.92 Å². The summed E-state index contributed by atoms with van der Waals surface area (Å²) in [7, 11) is -0.631. The van der Waals surface area contributed by atoms with Crippen LogP contribution in [-0.2, 0) is 21.4 Å². The molecule has 1 atom stereocenters. The molecule has 1 aliphatic rings. The first kappa shape index (κ1) is 25.1. The maximum Gasteiger partial charge on any atom is 0.241 e. The van der Waals surface area contributed by atoms with Crippen molar-refractivity contribution < 1.29 is 17.9 Å². The number of methoxy groups -OCH3 is 1. The van der Waals surface area contributed by atoms with E-state index < -0.39 is 16.1 Å². The number of hydrogen-bond acceptors (Lipinski definition) is 5. The van der Waals surface area contributed by atoms with Crippen LogP contribution in [0.15, 0.2) is 53.4 Å². The highest BCUT2D eigenvalue weighted by molar-refractivity contribution is 7.89. The molecule has 180 valence electrons. The summed E-state index contributed by atoms with van der Waals surface area (Å²) in [6.45, 7) is 6.25. The number of sulfonamides is 1. The second-order valence-corrected chi connectivity index (χ2v) is 10.6. The molecule has 0 spiro atoms. The van der Waals surface area contributed by atoms with Crippen molar-refractivity contribution >= 4 is 21.6 Å². The second kappa shape index (κ2) is 11.0. The zero-order valence-corrected chi connectivity index (χ0v) is 20.8. The molecule has 1 aliphatic heterocycles. The predicted molar refractivity (Wildman–Crippen MR) is 131 cm³/mol. The molecule has 1 amide bonds. The lowest BCUT2D eigenvalue weighted by atomic mass is 10.0. The van der Waals surface area contributed by atoms with Crippen molar-refractivity contribution in [2.75, 3.05) is 32.1 Å². The van der Waals surface area contributed by atoms with E-state index in [1.54, 1.807) is 24.1 Å². The van der Waals surface area contributed by atoms with Crippen LogP contribution in [0.5, 0.6) is 5.75 Å². The van der Waals surface area contributed by atoms with E-state index in [2.05, 4.69) is 21.8 Å². The Labute approximate surface area is 197 Å². The van der Waals surface area contributed by atoms with Gasteiger partial charge in [0.15, 0.2) is 0 Å². The molecule has 1 N–H and O–H groups in total. The number of carbonyl (C=O) groups is 1. The average Bonchev–Trinajstić information content (AvgIpc) is 2.83. The lowest BCUT2D eigenvalue weighted by Crippen LogP contribution is -2.49. The molecule has 2 aromatic rings. The SMILES string of the molecule is COc1ccc(S(=O)(=O)N[C@H](C(=O)N(C)Cc2ccc(N3CCCCC3)cc2)C(C)C)cc1. The molecule has 2 aromatic carbocycles. The van der Waals surface area contributed by atoms with E-state index in [1.165, 1.54) is 44.2 Å². The summed E-state index contributed by atoms with van der Waals surface area (Å²) in [5, 5.41) is 0. The van der Waals surface area contributed by atoms with Gasteiger partial charge in [0.1, 0.15) is 11.8 Å². The highest BCUT2D eigenvalue weighted by atomic mass is 32.2. The Morgan fingerprint density at radius 3 is 2.18 bits per heavy atom. The second-order valence-electron chi connectivity index (χ2n) is 8.93. The summed E-state index contributed by atoms with van der Waals surface area (Å²) in [6.07, 6.45) is 3.74. The van der Waals surface area contributed by atoms with Gasteiger partial charge in [-0.15, -0.1) is 0 Å². The van der Waals surface area contributed by atoms with Crippen molar-refractivity contribution in [1.29, 1.82) is 0 Å². The number of rotatable bonds is 9. The number of nitrogens with zero attached hydrogens (tertiary/aromatic N) is 2. The third kappa shape index (κ3) is 6.48. The van der Waals surface area contributed by atoms with Gasteiger partial charge in [-0.1, -0.05) is 26.0 Å². The third-order valence-corrected chi connectivity index (χ3v) is 7.50. The van der Waals surface area contributed by atoms with E-state index in [9.17, 15) is 13.2 Å². The molecule has 0 unspecified atom stereocenters. The van der Waals surface area contributed by atoms with Crippen LogP contribution in [0.2, 0.25) is 0 Å². The van der Waals surface area contributed by atoms with Crippen LogP contribution in [-0.4, -0.2) is 52.5 Å². The molecule has 1 saturated heterocycles. The highest BCUT2D eigenvalue weighted by Crippen LogP contribution is 2.21. The summed E-state index contributed by atoms with van der Waals surface area (Å²) in [6, 6.07) is 13.5. The third-order valence-electron chi connectivity index (χ3n) is 6.04. The Morgan fingerprint density at radius 2 is 1.64 bits per heavy atom. The van der Waals surface area contributed by atoms with Gasteiger partial charge in [0.2, 0.25) is 15.9 Å². The molecule has 1 fully saturated rings. The molecule has 7 nitrogen and oxygen atoms in total. The first-order valence-electron chi connectivity index (χ1n) is 11.5. The standard InChI is InChI=1S/C25H35N3O4S/c1-19(2)24(26-33(30,31)23-14-12-22(32-4)13-15-23)25(29)27(3)18-20-8-10-21(11-9-20)28-16-6-5-7-17-28/h8-15,19,24,26H,5-7,16-18H2,1-4H3/t24-/m0/s1. The van der Waals surface area contributed by atoms with Crippen molar-refractivity contribution in [3.63, 3.8) is 0 Å². The fraction of sp³-hybridized carbons (Fsp3) is 0.480. The fourth-order valence-electron chi connectivity index (χ4n) is 4.02. The Balaban J connectivity index is 1.66. The normalized spacial score (nSPS) is 15.4. The van der Waals surface area contributed by atoms with E-state index in [0.29, 0.717) is 12.3 Å². The summed E-state index contributed by atoms with van der Waals surface area (Å²) >= 11 is 0. The van der Waals surface area contributed by atoms with Crippen LogP contribution in [0.4, 0.5) is 5.69 Å². The fourth-order valence-corrected chi connectivity index (χ4v) is 5.35. The molecule has 0 radical (unpaired) electrons. The van der Waals surface area contributed by atoms with Gasteiger partial charge in [-0.05, 0) is 67.1 Å². The highest BCUT2D eigenvalue weighted by Gasteiger charge is 2.30. The monoisotopic (exact) mass is 473 g/mol. The number of piperidine rings is 1. The van der Waals surface area contributed by atoms with Gasteiger partial charge in [0.05, 0.1) is 12.0 Å². The van der Waals surface area contributed by atoms with E-state index in [4.69, 9.17) is 4.74 Å². The van der Waals surface area contributed by atoms with Crippen molar-refractivity contribution in [3.8, 4) is 5.75 Å². The van der Waals surface area contributed by atoms with Crippen LogP contribution in [0, 0.1) is 5.92 Å². The number of anilines is 1. The Hall–Kier alpha value is -2.58. The van der Waals surface area contributed by atoms with Crippen LogP contribution in [0.1, 0.15) is 38.7 Å². The molecule has 8 heteroatoms. The minimum absolute atomic E-state index is 0.0951. The van der Waals surface area contributed by atoms with E-state index in [0.717, 1.165) is 18.7 Å². The molecule has 33 heavy (non-hydrogen) atoms. The van der Waals surface area contributed by atoms with E-state index >= 15 is 0 Å². The molecule has 0 aromatic heterocycles. The van der Waals surface area contributed by atoms with Crippen LogP contribution < -0.4 is 14.4 Å². The summed E-state index contributed by atoms with van der Waals surface area (Å²) < 4.78 is 33.5. The van der Waals surface area contributed by atoms with Gasteiger partial charge in [-0.2, -0.15) is 4.72 Å². The largest absolute Gasteiger partial charge is 0.497 e.